The van der Waals surface area contributed by atoms with Gasteiger partial charge in [0.2, 0.25) is 4.87 Å². The number of nitroso groups, excluding NO2 is 1. The van der Waals surface area contributed by atoms with Gasteiger partial charge in [0.1, 0.15) is 42.5 Å². The number of aryl methyl sites for hydroxylation is 1. The van der Waals surface area contributed by atoms with E-state index in [1.807, 2.05) is 0 Å². The van der Waals surface area contributed by atoms with Crippen molar-refractivity contribution in [2.24, 2.45) is 0 Å². The van der Waals surface area contributed by atoms with Crippen molar-refractivity contribution in [2.45, 2.75) is 10.4 Å². The van der Waals surface area contributed by atoms with E-state index in [0.29, 0.717) is 5.69 Å². The average Bonchev–Trinajstić information content (AvgIpc) is 2.51. The highest BCUT2D eigenvalue weighted by Gasteiger charge is 2.55. The molecule has 0 saturated heterocycles. The molecule has 82 valence electrons. The van der Waals surface area contributed by atoms with Gasteiger partial charge < -0.3 is 0 Å². The van der Waals surface area contributed by atoms with Crippen LogP contribution >= 0.6 is 31.9 Å². The summed E-state index contributed by atoms with van der Waals surface area (Å²) in [6.07, 6.45) is 0. The summed E-state index contributed by atoms with van der Waals surface area (Å²) in [4.78, 5) is 20.8. The summed E-state index contributed by atoms with van der Waals surface area (Å²) in [5.41, 5.74) is 2.39. The van der Waals surface area contributed by atoms with Gasteiger partial charge in [0.05, 0.1) is 4.91 Å². The second-order valence-corrected chi connectivity index (χ2v) is 5.65. The molecule has 1 heterocycles. The molecular formula is C4H4Br2N5O4+. The molecule has 0 saturated carbocycles. The molecule has 1 aromatic rings. The molecule has 0 bridgehead atoms. The normalized spacial score (nSPS) is 11.1. The van der Waals surface area contributed by atoms with Crippen molar-refractivity contribution in [3.8, 4) is 0 Å². The van der Waals surface area contributed by atoms with Crippen molar-refractivity contribution in [1.29, 1.82) is 0 Å². The molecule has 0 atom stereocenters. The molecule has 1 rings (SSSR count). The molecule has 0 aliphatic rings. The van der Waals surface area contributed by atoms with Crippen molar-refractivity contribution >= 4 is 37.7 Å². The second kappa shape index (κ2) is 4.18. The van der Waals surface area contributed by atoms with Gasteiger partial charge in [-0.15, -0.1) is 0 Å². The maximum Gasteiger partial charge on any atom is 0.583 e. The average molecular weight is 346 g/mol. The molecule has 0 fully saturated rings. The number of hydrogen-bond acceptors (Lipinski definition) is 6. The molecule has 0 aliphatic carbocycles. The number of hydrogen-bond donors (Lipinski definition) is 1. The first-order valence-corrected chi connectivity index (χ1v) is 4.99. The predicted octanol–water partition coefficient (Wildman–Crippen LogP) is 1.16. The fourth-order valence-corrected chi connectivity index (χ4v) is 0.748. The van der Waals surface area contributed by atoms with E-state index in [4.69, 9.17) is 0 Å². The first-order chi connectivity index (χ1) is 6.85. The van der Waals surface area contributed by atoms with Crippen LogP contribution in [-0.4, -0.2) is 23.6 Å². The number of rotatable bonds is 4. The zero-order chi connectivity index (χ0) is 11.6. The van der Waals surface area contributed by atoms with E-state index in [9.17, 15) is 15.0 Å². The van der Waals surface area contributed by atoms with Gasteiger partial charge in [-0.05, 0) is 12.1 Å². The molecule has 15 heavy (non-hydrogen) atoms. The van der Waals surface area contributed by atoms with E-state index < -0.39 is 8.40 Å². The fraction of sp³-hybridized carbons (Fsp3) is 0.500. The highest BCUT2D eigenvalue weighted by molar-refractivity contribution is 9.25. The lowest BCUT2D eigenvalue weighted by Gasteiger charge is -2.01. The largest absolute Gasteiger partial charge is 0.583 e. The van der Waals surface area contributed by atoms with Crippen LogP contribution < -0.4 is 5.43 Å². The van der Waals surface area contributed by atoms with E-state index >= 15 is 0 Å². The second-order valence-electron chi connectivity index (χ2n) is 2.37. The predicted molar refractivity (Wildman–Crippen MR) is 53.9 cm³/mol. The highest BCUT2D eigenvalue weighted by Crippen LogP contribution is 2.27. The summed E-state index contributed by atoms with van der Waals surface area (Å²) in [7, 11) is 0. The number of halogens is 2. The van der Waals surface area contributed by atoms with Crippen molar-refractivity contribution in [2.75, 3.05) is 5.43 Å². The van der Waals surface area contributed by atoms with Crippen LogP contribution in [0.2, 0.25) is 0 Å². The van der Waals surface area contributed by atoms with E-state index in [1.54, 1.807) is 0 Å². The third-order valence-electron chi connectivity index (χ3n) is 1.32. The molecule has 0 aliphatic heterocycles. The van der Waals surface area contributed by atoms with E-state index in [2.05, 4.69) is 52.2 Å². The Hall–Kier alpha value is -1.10. The Bertz CT molecular complexity index is 403. The third kappa shape index (κ3) is 2.47. The molecule has 11 heteroatoms. The Morgan fingerprint density at radius 1 is 1.47 bits per heavy atom. The van der Waals surface area contributed by atoms with Gasteiger partial charge in [0, 0.05) is 0 Å². The number of nitrogens with zero attached hydrogens (tertiary/aromatic N) is 4. The Kier molecular flexibility index (Phi) is 3.34. The van der Waals surface area contributed by atoms with Crippen LogP contribution in [-0.2, 0) is 0 Å². The topological polar surface area (TPSA) is 114 Å². The van der Waals surface area contributed by atoms with E-state index in [0.717, 1.165) is 0 Å². The lowest BCUT2D eigenvalue weighted by atomic mass is 10.5. The van der Waals surface area contributed by atoms with Crippen molar-refractivity contribution in [3.05, 3.63) is 20.7 Å². The Morgan fingerprint density at radius 3 is 2.47 bits per heavy atom. The summed E-state index contributed by atoms with van der Waals surface area (Å²) in [5, 5.41) is 17.2. The van der Waals surface area contributed by atoms with E-state index in [1.165, 1.54) is 6.92 Å². The van der Waals surface area contributed by atoms with Crippen LogP contribution in [0.15, 0.2) is 4.63 Å². The summed E-state index contributed by atoms with van der Waals surface area (Å²) < 4.78 is 2.12. The molecular weight excluding hydrogens is 342 g/mol. The number of alkyl halides is 2. The van der Waals surface area contributed by atoms with Crippen molar-refractivity contribution in [1.82, 2.24) is 10.3 Å². The maximum absolute atomic E-state index is 11.3. The first kappa shape index (κ1) is 12.0. The zero-order valence-electron chi connectivity index (χ0n) is 7.18. The van der Waals surface area contributed by atoms with Crippen molar-refractivity contribution in [3.63, 3.8) is 0 Å². The van der Waals surface area contributed by atoms with Gasteiger partial charge in [-0.2, -0.15) is 0 Å². The number of anilines is 1. The van der Waals surface area contributed by atoms with Gasteiger partial charge in [0.15, 0.2) is 0 Å². The van der Waals surface area contributed by atoms with Crippen LogP contribution in [0.25, 0.3) is 0 Å². The molecule has 1 aromatic heterocycles. The van der Waals surface area contributed by atoms with E-state index in [-0.39, 0.29) is 10.7 Å². The molecule has 0 radical (unpaired) electrons. The van der Waals surface area contributed by atoms with Gasteiger partial charge >= 0.3 is 3.48 Å². The summed E-state index contributed by atoms with van der Waals surface area (Å²) in [6.45, 7) is 1.52. The van der Waals surface area contributed by atoms with Crippen LogP contribution in [0.3, 0.4) is 0 Å². The Labute approximate surface area is 99.1 Å². The van der Waals surface area contributed by atoms with Gasteiger partial charge in [-0.3, -0.25) is 10.1 Å². The van der Waals surface area contributed by atoms with Gasteiger partial charge in [0.25, 0.3) is 5.82 Å². The summed E-state index contributed by atoms with van der Waals surface area (Å²) in [5.74, 6) is -0.00451. The van der Waals surface area contributed by atoms with Crippen LogP contribution in [0.1, 0.15) is 5.69 Å². The molecule has 9 nitrogen and oxygen atoms in total. The minimum atomic E-state index is -2.18. The number of hydrazine groups is 1. The fourth-order valence-electron chi connectivity index (χ4n) is 0.571. The van der Waals surface area contributed by atoms with Crippen molar-refractivity contribution < 1.29 is 14.4 Å². The Morgan fingerprint density at radius 2 is 2.07 bits per heavy atom. The lowest BCUT2D eigenvalue weighted by molar-refractivity contribution is -0.738. The monoisotopic (exact) mass is 344 g/mol. The molecule has 0 spiro atoms. The molecule has 0 amide bonds. The van der Waals surface area contributed by atoms with Crippen LogP contribution in [0.5, 0.6) is 0 Å². The standard InChI is InChI=1S/C4H4Br2N5O4/c1-2-3(9-15-8-2)7-10(12)4(5,6)11(13)14/h1H3,(H,7,9,12)/q+1. The highest BCUT2D eigenvalue weighted by atomic mass is 79.9. The minimum absolute atomic E-state index is 0.00451. The van der Waals surface area contributed by atoms with Gasteiger partial charge in [-0.1, -0.05) is 10.6 Å². The third-order valence-corrected chi connectivity index (χ3v) is 2.55. The maximum atomic E-state index is 11.3. The zero-order valence-corrected chi connectivity index (χ0v) is 10.3. The van der Waals surface area contributed by atoms with Crippen LogP contribution in [0, 0.1) is 21.9 Å². The Balaban J connectivity index is 2.81. The first-order valence-electron chi connectivity index (χ1n) is 3.41. The lowest BCUT2D eigenvalue weighted by Crippen LogP contribution is -2.39. The SMILES string of the molecule is Cc1nonc1N[N+](=O)C(Br)(Br)[N+](=O)[O-]. The smallest absolute Gasteiger partial charge is 0.257 e. The number of aromatic nitrogens is 2. The molecule has 1 N–H and O–H groups in total. The molecule has 0 aromatic carbocycles. The quantitative estimate of drug-likeness (QED) is 0.217. The number of nitrogens with one attached hydrogen (secondary N) is 1. The minimum Gasteiger partial charge on any atom is -0.257 e. The number of nitro groups is 1. The van der Waals surface area contributed by atoms with Gasteiger partial charge in [-0.25, -0.2) is 4.63 Å². The molecule has 0 unspecified atom stereocenters. The van der Waals surface area contributed by atoms with Crippen LogP contribution in [0.4, 0.5) is 5.82 Å². The summed E-state index contributed by atoms with van der Waals surface area (Å²) in [6, 6.07) is 0. The summed E-state index contributed by atoms with van der Waals surface area (Å²) >= 11 is 5.14.